The molecule has 33 heavy (non-hydrogen) atoms. The molecular weight excluding hydrogens is 451 g/mol. The fraction of sp³-hybridized carbons (Fsp3) is 0.273. The van der Waals surface area contributed by atoms with Crippen LogP contribution >= 0.6 is 0 Å². The van der Waals surface area contributed by atoms with Gasteiger partial charge in [-0.15, -0.1) is 0 Å². The molecule has 4 rings (SSSR count). The highest BCUT2D eigenvalue weighted by Crippen LogP contribution is 2.35. The number of hydrogen-bond acceptors (Lipinski definition) is 7. The van der Waals surface area contributed by atoms with Crippen molar-refractivity contribution in [3.8, 4) is 5.75 Å². The average molecular weight is 475 g/mol. The predicted molar refractivity (Wildman–Crippen MR) is 121 cm³/mol. The molecular formula is C22H23FN4O5S. The summed E-state index contributed by atoms with van der Waals surface area (Å²) in [7, 11) is -2.53. The number of hydrogen-bond donors (Lipinski definition) is 2. The van der Waals surface area contributed by atoms with Crippen LogP contribution in [0.2, 0.25) is 0 Å². The molecule has 174 valence electrons. The zero-order valence-electron chi connectivity index (χ0n) is 18.1. The molecule has 0 spiro atoms. The van der Waals surface area contributed by atoms with Gasteiger partial charge in [0.1, 0.15) is 4.90 Å². The molecule has 0 atom stereocenters. The first kappa shape index (κ1) is 22.9. The predicted octanol–water partition coefficient (Wildman–Crippen LogP) is 2.55. The molecule has 0 aliphatic carbocycles. The number of nitrogens with zero attached hydrogens (tertiary/aromatic N) is 2. The lowest BCUT2D eigenvalue weighted by Gasteiger charge is -2.26. The number of rotatable bonds is 6. The maximum absolute atomic E-state index is 13.9. The number of carbonyl (C=O) groups is 1. The van der Waals surface area contributed by atoms with Gasteiger partial charge in [0.2, 0.25) is 10.0 Å². The molecule has 0 bridgehead atoms. The zero-order valence-corrected chi connectivity index (χ0v) is 18.9. The van der Waals surface area contributed by atoms with Crippen molar-refractivity contribution in [3.63, 3.8) is 0 Å². The van der Waals surface area contributed by atoms with Gasteiger partial charge in [0.15, 0.2) is 11.6 Å². The standard InChI is InChI=1S/C22H23FN4O5S/c1-13-9-15-20(26-14-3-4-17(23)18(11-14)31-2)16(22(24)28)12-25-21(15)19(10-13)33(29,30)27-5-7-32-8-6-27/h3-4,9-12H,5-8H2,1-2H3,(H2,24,28)(H,25,26). The van der Waals surface area contributed by atoms with Gasteiger partial charge >= 0.3 is 0 Å². The molecule has 0 unspecified atom stereocenters. The monoisotopic (exact) mass is 474 g/mol. The first-order valence-electron chi connectivity index (χ1n) is 10.1. The number of benzene rings is 2. The second-order valence-corrected chi connectivity index (χ2v) is 9.47. The smallest absolute Gasteiger partial charge is 0.252 e. The van der Waals surface area contributed by atoms with E-state index >= 15 is 0 Å². The largest absolute Gasteiger partial charge is 0.494 e. The Morgan fingerprint density at radius 1 is 1.24 bits per heavy atom. The van der Waals surface area contributed by atoms with Crippen molar-refractivity contribution in [2.45, 2.75) is 11.8 Å². The summed E-state index contributed by atoms with van der Waals surface area (Å²) < 4.78 is 52.4. The highest BCUT2D eigenvalue weighted by atomic mass is 32.2. The molecule has 2 aromatic carbocycles. The third-order valence-corrected chi connectivity index (χ3v) is 7.27. The lowest BCUT2D eigenvalue weighted by atomic mass is 10.1. The van der Waals surface area contributed by atoms with Crippen LogP contribution in [0.4, 0.5) is 15.8 Å². The molecule has 0 saturated carbocycles. The Bertz CT molecular complexity index is 1340. The van der Waals surface area contributed by atoms with Gasteiger partial charge in [-0.05, 0) is 36.8 Å². The number of pyridine rings is 1. The maximum atomic E-state index is 13.9. The third kappa shape index (κ3) is 4.34. The van der Waals surface area contributed by atoms with Crippen LogP contribution in [-0.4, -0.2) is 57.0 Å². The van der Waals surface area contributed by atoms with Gasteiger partial charge in [-0.3, -0.25) is 9.78 Å². The molecule has 1 saturated heterocycles. The fourth-order valence-electron chi connectivity index (χ4n) is 3.73. The lowest BCUT2D eigenvalue weighted by Crippen LogP contribution is -2.40. The van der Waals surface area contributed by atoms with E-state index in [-0.39, 0.29) is 40.5 Å². The number of aromatic nitrogens is 1. The van der Waals surface area contributed by atoms with Crippen molar-refractivity contribution in [1.82, 2.24) is 9.29 Å². The summed E-state index contributed by atoms with van der Waals surface area (Å²) in [6.07, 6.45) is 1.24. The highest BCUT2D eigenvalue weighted by molar-refractivity contribution is 7.89. The van der Waals surface area contributed by atoms with E-state index in [4.69, 9.17) is 15.2 Å². The van der Waals surface area contributed by atoms with Crippen molar-refractivity contribution < 1.29 is 27.1 Å². The Kier molecular flexibility index (Phi) is 6.19. The Hall–Kier alpha value is -3.28. The van der Waals surface area contributed by atoms with Gasteiger partial charge in [0.05, 0.1) is 37.1 Å². The van der Waals surface area contributed by atoms with Gasteiger partial charge < -0.3 is 20.5 Å². The number of primary amides is 1. The number of nitrogens with one attached hydrogen (secondary N) is 1. The number of anilines is 2. The van der Waals surface area contributed by atoms with Gasteiger partial charge in [0, 0.05) is 36.4 Å². The summed E-state index contributed by atoms with van der Waals surface area (Å²) in [4.78, 5) is 16.5. The number of halogens is 1. The summed E-state index contributed by atoms with van der Waals surface area (Å²) in [6, 6.07) is 7.38. The van der Waals surface area contributed by atoms with E-state index in [1.54, 1.807) is 19.1 Å². The van der Waals surface area contributed by atoms with Crippen molar-refractivity contribution >= 4 is 38.2 Å². The van der Waals surface area contributed by atoms with E-state index in [1.807, 2.05) is 0 Å². The first-order chi connectivity index (χ1) is 15.7. The number of carbonyl (C=O) groups excluding carboxylic acids is 1. The minimum Gasteiger partial charge on any atom is -0.494 e. The second kappa shape index (κ2) is 8.93. The van der Waals surface area contributed by atoms with Crippen LogP contribution in [0, 0.1) is 12.7 Å². The SMILES string of the molecule is COc1cc(Nc2c(C(N)=O)cnc3c(S(=O)(=O)N4CCOCC4)cc(C)cc23)ccc1F. The number of amides is 1. The molecule has 1 fully saturated rings. The summed E-state index contributed by atoms with van der Waals surface area (Å²) >= 11 is 0. The molecule has 9 nitrogen and oxygen atoms in total. The van der Waals surface area contributed by atoms with Crippen LogP contribution in [0.25, 0.3) is 10.9 Å². The number of sulfonamides is 1. The summed E-state index contributed by atoms with van der Waals surface area (Å²) in [5, 5.41) is 3.46. The van der Waals surface area contributed by atoms with E-state index in [9.17, 15) is 17.6 Å². The summed E-state index contributed by atoms with van der Waals surface area (Å²) in [5.41, 5.74) is 7.16. The van der Waals surface area contributed by atoms with E-state index in [0.717, 1.165) is 0 Å². The summed E-state index contributed by atoms with van der Waals surface area (Å²) in [6.45, 7) is 2.83. The minimum absolute atomic E-state index is 0.00533. The van der Waals surface area contributed by atoms with Crippen LogP contribution in [0.3, 0.4) is 0 Å². The van der Waals surface area contributed by atoms with Gasteiger partial charge in [-0.1, -0.05) is 0 Å². The Balaban J connectivity index is 1.92. The molecule has 1 aliphatic heterocycles. The fourth-order valence-corrected chi connectivity index (χ4v) is 5.38. The topological polar surface area (TPSA) is 124 Å². The third-order valence-electron chi connectivity index (χ3n) is 5.35. The zero-order chi connectivity index (χ0) is 23.8. The Morgan fingerprint density at radius 2 is 1.97 bits per heavy atom. The molecule has 0 radical (unpaired) electrons. The molecule has 3 aromatic rings. The number of methoxy groups -OCH3 is 1. The minimum atomic E-state index is -3.87. The van der Waals surface area contributed by atoms with Gasteiger partial charge in [0.25, 0.3) is 5.91 Å². The molecule has 11 heteroatoms. The molecule has 1 aliphatic rings. The number of aryl methyl sites for hydroxylation is 1. The molecule has 1 aromatic heterocycles. The van der Waals surface area contributed by atoms with Crippen LogP contribution in [0.5, 0.6) is 5.75 Å². The van der Waals surface area contributed by atoms with Crippen molar-refractivity contribution in [2.24, 2.45) is 5.73 Å². The Morgan fingerprint density at radius 3 is 2.64 bits per heavy atom. The van der Waals surface area contributed by atoms with E-state index in [0.29, 0.717) is 29.9 Å². The maximum Gasteiger partial charge on any atom is 0.252 e. The second-order valence-electron chi connectivity index (χ2n) is 7.56. The van der Waals surface area contributed by atoms with Gasteiger partial charge in [-0.25, -0.2) is 12.8 Å². The van der Waals surface area contributed by atoms with Crippen LogP contribution < -0.4 is 15.8 Å². The normalized spacial score (nSPS) is 14.9. The highest BCUT2D eigenvalue weighted by Gasteiger charge is 2.30. The van der Waals surface area contributed by atoms with E-state index < -0.39 is 21.7 Å². The Labute approximate surface area is 190 Å². The lowest BCUT2D eigenvalue weighted by molar-refractivity contribution is 0.0730. The van der Waals surface area contributed by atoms with E-state index in [2.05, 4.69) is 10.3 Å². The van der Waals surface area contributed by atoms with Gasteiger partial charge in [-0.2, -0.15) is 4.31 Å². The number of morpholine rings is 1. The number of nitrogens with two attached hydrogens (primary N) is 1. The number of ether oxygens (including phenoxy) is 2. The molecule has 2 heterocycles. The number of fused-ring (bicyclic) bond motifs is 1. The summed E-state index contributed by atoms with van der Waals surface area (Å²) in [5.74, 6) is -1.29. The molecule has 1 amide bonds. The average Bonchev–Trinajstić information content (AvgIpc) is 2.80. The van der Waals surface area contributed by atoms with Crippen molar-refractivity contribution in [3.05, 3.63) is 53.5 Å². The van der Waals surface area contributed by atoms with Crippen LogP contribution in [0.15, 0.2) is 41.4 Å². The van der Waals surface area contributed by atoms with Crippen LogP contribution in [-0.2, 0) is 14.8 Å². The van der Waals surface area contributed by atoms with Crippen LogP contribution in [0.1, 0.15) is 15.9 Å². The van der Waals surface area contributed by atoms with Crippen molar-refractivity contribution in [1.29, 1.82) is 0 Å². The first-order valence-corrected chi connectivity index (χ1v) is 11.6. The van der Waals surface area contributed by atoms with E-state index in [1.165, 1.54) is 35.8 Å². The molecule has 3 N–H and O–H groups in total. The van der Waals surface area contributed by atoms with Crippen molar-refractivity contribution in [2.75, 3.05) is 38.7 Å². The quantitative estimate of drug-likeness (QED) is 0.563.